The Morgan fingerprint density at radius 1 is 1.39 bits per heavy atom. The molecule has 0 bridgehead atoms. The van der Waals surface area contributed by atoms with Gasteiger partial charge in [0.05, 0.1) is 23.7 Å². The number of benzene rings is 1. The minimum atomic E-state index is -0.626. The summed E-state index contributed by atoms with van der Waals surface area (Å²) in [4.78, 5) is 27.5. The van der Waals surface area contributed by atoms with Crippen LogP contribution in [0.1, 0.15) is 34.3 Å². The van der Waals surface area contributed by atoms with E-state index >= 15 is 0 Å². The highest BCUT2D eigenvalue weighted by molar-refractivity contribution is 5.98. The Bertz CT molecular complexity index is 927. The number of carbonyl (C=O) groups excluding carboxylic acids is 2. The van der Waals surface area contributed by atoms with Crippen LogP contribution in [0.2, 0.25) is 0 Å². The van der Waals surface area contributed by atoms with Gasteiger partial charge in [0, 0.05) is 32.9 Å². The summed E-state index contributed by atoms with van der Waals surface area (Å²) in [6.45, 7) is 4.01. The molecule has 2 aliphatic heterocycles. The van der Waals surface area contributed by atoms with Crippen molar-refractivity contribution in [3.05, 3.63) is 53.1 Å². The van der Waals surface area contributed by atoms with E-state index in [2.05, 4.69) is 15.4 Å². The largest absolute Gasteiger partial charge is 0.300 e. The van der Waals surface area contributed by atoms with E-state index in [1.807, 2.05) is 26.4 Å². The molecule has 2 aliphatic rings. The Morgan fingerprint density at radius 2 is 2.21 bits per heavy atom. The van der Waals surface area contributed by atoms with Crippen LogP contribution in [0.15, 0.2) is 30.6 Å². The number of aryl methyl sites for hydroxylation is 2. The van der Waals surface area contributed by atoms with E-state index in [4.69, 9.17) is 0 Å². The molecule has 0 aliphatic carbocycles. The standard InChI is InChI=1S/C20H24FN5O2/c1-14-3-4-17(21)16(9-14)19(28)26-20(10-18(27)23-26)6-8-25(13-20)7-5-15-11-22-24(2)12-15/h3-4,9,11-12H,5-8,10,13H2,1-2H3,(H,23,27). The molecule has 2 fully saturated rings. The molecule has 2 amide bonds. The molecule has 4 rings (SSSR count). The van der Waals surface area contributed by atoms with E-state index in [1.165, 1.54) is 17.1 Å². The molecule has 1 aromatic carbocycles. The highest BCUT2D eigenvalue weighted by Crippen LogP contribution is 2.35. The average molecular weight is 385 g/mol. The molecule has 1 atom stereocenters. The quantitative estimate of drug-likeness (QED) is 0.865. The van der Waals surface area contributed by atoms with Crippen LogP contribution in [0.3, 0.4) is 0 Å². The van der Waals surface area contributed by atoms with Gasteiger partial charge >= 0.3 is 0 Å². The molecule has 148 valence electrons. The molecule has 2 saturated heterocycles. The summed E-state index contributed by atoms with van der Waals surface area (Å²) in [5.41, 5.74) is 3.99. The van der Waals surface area contributed by atoms with Gasteiger partial charge in [0.15, 0.2) is 0 Å². The third-order valence-electron chi connectivity index (χ3n) is 5.64. The second kappa shape index (κ2) is 7.01. The Balaban J connectivity index is 1.50. The number of rotatable bonds is 4. The van der Waals surface area contributed by atoms with Gasteiger partial charge < -0.3 is 4.90 Å². The lowest BCUT2D eigenvalue weighted by atomic mass is 9.94. The first-order valence-electron chi connectivity index (χ1n) is 9.46. The fourth-order valence-electron chi connectivity index (χ4n) is 4.20. The van der Waals surface area contributed by atoms with Crippen LogP contribution in [0, 0.1) is 12.7 Å². The number of likely N-dealkylation sites (tertiary alicyclic amines) is 1. The van der Waals surface area contributed by atoms with Crippen molar-refractivity contribution in [1.29, 1.82) is 0 Å². The Hall–Kier alpha value is -2.74. The lowest BCUT2D eigenvalue weighted by Crippen LogP contribution is -2.53. The van der Waals surface area contributed by atoms with Gasteiger partial charge in [0.1, 0.15) is 5.82 Å². The number of nitrogens with zero attached hydrogens (tertiary/aromatic N) is 4. The molecule has 0 radical (unpaired) electrons. The number of hydrazine groups is 1. The number of aromatic nitrogens is 2. The van der Waals surface area contributed by atoms with E-state index < -0.39 is 17.3 Å². The maximum absolute atomic E-state index is 14.3. The van der Waals surface area contributed by atoms with Gasteiger partial charge in [-0.25, -0.2) is 9.40 Å². The molecular formula is C20H24FN5O2. The second-order valence-corrected chi connectivity index (χ2v) is 7.86. The number of nitrogens with one attached hydrogen (secondary N) is 1. The molecule has 0 saturated carbocycles. The first-order valence-corrected chi connectivity index (χ1v) is 9.46. The molecule has 8 heteroatoms. The van der Waals surface area contributed by atoms with Crippen molar-refractivity contribution in [3.63, 3.8) is 0 Å². The van der Waals surface area contributed by atoms with Gasteiger partial charge in [-0.15, -0.1) is 0 Å². The van der Waals surface area contributed by atoms with Crippen LogP contribution >= 0.6 is 0 Å². The summed E-state index contributed by atoms with van der Waals surface area (Å²) in [7, 11) is 1.89. The maximum Gasteiger partial charge on any atom is 0.275 e. The SMILES string of the molecule is Cc1ccc(F)c(C(=O)N2NC(=O)CC23CCN(CCc2cnn(C)c2)C3)c1. The van der Waals surface area contributed by atoms with E-state index in [9.17, 15) is 14.0 Å². The monoisotopic (exact) mass is 385 g/mol. The van der Waals surface area contributed by atoms with Crippen molar-refractivity contribution in [2.75, 3.05) is 19.6 Å². The van der Waals surface area contributed by atoms with Gasteiger partial charge in [0.2, 0.25) is 5.91 Å². The normalized spacial score (nSPS) is 22.2. The number of hydrogen-bond donors (Lipinski definition) is 1. The van der Waals surface area contributed by atoms with E-state index in [1.54, 1.807) is 10.7 Å². The predicted octanol–water partition coefficient (Wildman–Crippen LogP) is 1.43. The fourth-order valence-corrected chi connectivity index (χ4v) is 4.20. The van der Waals surface area contributed by atoms with Gasteiger partial charge in [0.25, 0.3) is 5.91 Å². The van der Waals surface area contributed by atoms with Crippen molar-refractivity contribution < 1.29 is 14.0 Å². The fraction of sp³-hybridized carbons (Fsp3) is 0.450. The molecule has 1 N–H and O–H groups in total. The number of hydrogen-bond acceptors (Lipinski definition) is 4. The molecule has 2 aromatic rings. The van der Waals surface area contributed by atoms with E-state index in [0.29, 0.717) is 13.0 Å². The van der Waals surface area contributed by atoms with Crippen LogP contribution < -0.4 is 5.43 Å². The van der Waals surface area contributed by atoms with Crippen molar-refractivity contribution in [1.82, 2.24) is 25.1 Å². The summed E-state index contributed by atoms with van der Waals surface area (Å²) in [6, 6.07) is 4.45. The zero-order valence-electron chi connectivity index (χ0n) is 16.1. The van der Waals surface area contributed by atoms with Crippen molar-refractivity contribution in [3.8, 4) is 0 Å². The molecule has 7 nitrogen and oxygen atoms in total. The topological polar surface area (TPSA) is 70.5 Å². The van der Waals surface area contributed by atoms with Gasteiger partial charge in [-0.1, -0.05) is 11.6 Å². The molecular weight excluding hydrogens is 361 g/mol. The van der Waals surface area contributed by atoms with Gasteiger partial charge in [-0.2, -0.15) is 5.10 Å². The lowest BCUT2D eigenvalue weighted by Gasteiger charge is -2.33. The van der Waals surface area contributed by atoms with Crippen LogP contribution in [-0.2, 0) is 18.3 Å². The zero-order valence-corrected chi connectivity index (χ0v) is 16.1. The number of carbonyl (C=O) groups is 2. The Kier molecular flexibility index (Phi) is 4.66. The smallest absolute Gasteiger partial charge is 0.275 e. The van der Waals surface area contributed by atoms with E-state index in [0.717, 1.165) is 30.6 Å². The molecule has 3 heterocycles. The van der Waals surface area contributed by atoms with Crippen molar-refractivity contribution in [2.24, 2.45) is 7.05 Å². The highest BCUT2D eigenvalue weighted by atomic mass is 19.1. The minimum absolute atomic E-state index is 0.00427. The predicted molar refractivity (Wildman–Crippen MR) is 101 cm³/mol. The zero-order chi connectivity index (χ0) is 19.9. The molecule has 1 unspecified atom stereocenters. The third kappa shape index (κ3) is 3.40. The first-order chi connectivity index (χ1) is 13.4. The Morgan fingerprint density at radius 3 is 2.96 bits per heavy atom. The van der Waals surface area contributed by atoms with Crippen molar-refractivity contribution in [2.45, 2.75) is 31.7 Å². The Labute approximate surface area is 163 Å². The summed E-state index contributed by atoms with van der Waals surface area (Å²) >= 11 is 0. The summed E-state index contributed by atoms with van der Waals surface area (Å²) in [5, 5.41) is 5.55. The van der Waals surface area contributed by atoms with Gasteiger partial charge in [-0.3, -0.25) is 19.7 Å². The summed E-state index contributed by atoms with van der Waals surface area (Å²) < 4.78 is 16.0. The second-order valence-electron chi connectivity index (χ2n) is 7.86. The third-order valence-corrected chi connectivity index (χ3v) is 5.64. The summed E-state index contributed by atoms with van der Waals surface area (Å²) in [5.74, 6) is -1.25. The van der Waals surface area contributed by atoms with Crippen molar-refractivity contribution >= 4 is 11.8 Å². The molecule has 1 spiro atoms. The van der Waals surface area contributed by atoms with Crippen LogP contribution in [0.25, 0.3) is 0 Å². The molecule has 28 heavy (non-hydrogen) atoms. The lowest BCUT2D eigenvalue weighted by molar-refractivity contribution is -0.120. The number of amides is 2. The van der Waals surface area contributed by atoms with Crippen LogP contribution in [0.5, 0.6) is 0 Å². The minimum Gasteiger partial charge on any atom is -0.300 e. The van der Waals surface area contributed by atoms with E-state index in [-0.39, 0.29) is 17.9 Å². The van der Waals surface area contributed by atoms with Crippen LogP contribution in [-0.4, -0.2) is 56.7 Å². The molecule has 1 aromatic heterocycles. The van der Waals surface area contributed by atoms with Gasteiger partial charge in [-0.05, 0) is 37.5 Å². The number of halogens is 1. The average Bonchev–Trinajstić information content (AvgIpc) is 3.34. The first kappa shape index (κ1) is 18.6. The summed E-state index contributed by atoms with van der Waals surface area (Å²) in [6.07, 6.45) is 5.62. The maximum atomic E-state index is 14.3. The van der Waals surface area contributed by atoms with Crippen LogP contribution in [0.4, 0.5) is 4.39 Å². The highest BCUT2D eigenvalue weighted by Gasteiger charge is 2.52.